The van der Waals surface area contributed by atoms with Gasteiger partial charge in [0, 0.05) is 53.2 Å². The predicted molar refractivity (Wildman–Crippen MR) is 231 cm³/mol. The number of nitrogens with zero attached hydrogens (tertiary/aromatic N) is 7. The van der Waals surface area contributed by atoms with Gasteiger partial charge in [-0.15, -0.1) is 11.3 Å². The van der Waals surface area contributed by atoms with Crippen LogP contribution in [0.1, 0.15) is 63.2 Å². The standard InChI is InChI=1S/C48H43F3N8S/c1-32-34(28-53-38-19-20-39(22-38)57(2)45-43-24-41(25-47(49,50)51)60-46(43)55-31-54-45)18-21-44-42(32)23-40(26-52)58(44)29-33-27-56-59(30-33)48(35-12-6-3-7-13-35,36-14-8-4-9-15-36)37-16-10-5-11-17-37/h3-18,21,23-24,27,30-31,38-39,53H,19-20,22,25,28-29H2,1-2H3/t38-,39+/m0/s1. The number of aromatic nitrogens is 5. The molecule has 4 aromatic carbocycles. The van der Waals surface area contributed by atoms with Gasteiger partial charge < -0.3 is 14.8 Å². The average molecular weight is 821 g/mol. The summed E-state index contributed by atoms with van der Waals surface area (Å²) in [6.45, 7) is 3.27. The molecule has 0 radical (unpaired) electrons. The molecule has 1 saturated carbocycles. The van der Waals surface area contributed by atoms with Gasteiger partial charge in [0.1, 0.15) is 34.3 Å². The molecule has 1 fully saturated rings. The minimum absolute atomic E-state index is 0.185. The lowest BCUT2D eigenvalue weighted by Gasteiger charge is -2.36. The number of thiophene rings is 1. The largest absolute Gasteiger partial charge is 0.393 e. The van der Waals surface area contributed by atoms with Crippen molar-refractivity contribution < 1.29 is 13.2 Å². The second-order valence-electron chi connectivity index (χ2n) is 15.7. The van der Waals surface area contributed by atoms with E-state index in [-0.39, 0.29) is 17.0 Å². The van der Waals surface area contributed by atoms with E-state index in [1.165, 1.54) is 11.9 Å². The van der Waals surface area contributed by atoms with Gasteiger partial charge in [0.05, 0.1) is 24.5 Å². The van der Waals surface area contributed by atoms with Crippen LogP contribution in [0.2, 0.25) is 0 Å². The van der Waals surface area contributed by atoms with E-state index in [1.54, 1.807) is 6.07 Å². The zero-order valence-corrected chi connectivity index (χ0v) is 34.1. The second-order valence-corrected chi connectivity index (χ2v) is 16.8. The molecule has 0 amide bonds. The Morgan fingerprint density at radius 1 is 0.867 bits per heavy atom. The summed E-state index contributed by atoms with van der Waals surface area (Å²) in [7, 11) is 1.97. The molecule has 0 saturated heterocycles. The van der Waals surface area contributed by atoms with Gasteiger partial charge in [-0.05, 0) is 72.2 Å². The molecule has 0 spiro atoms. The first kappa shape index (κ1) is 39.2. The lowest BCUT2D eigenvalue weighted by atomic mass is 9.77. The van der Waals surface area contributed by atoms with E-state index < -0.39 is 18.1 Å². The van der Waals surface area contributed by atoms with E-state index in [0.29, 0.717) is 34.8 Å². The third-order valence-corrected chi connectivity index (χ3v) is 13.1. The highest BCUT2D eigenvalue weighted by molar-refractivity contribution is 7.18. The van der Waals surface area contributed by atoms with Crippen molar-refractivity contribution in [2.24, 2.45) is 0 Å². The molecule has 1 aliphatic rings. The number of hydrogen-bond acceptors (Lipinski definition) is 7. The molecule has 4 aromatic heterocycles. The number of aryl methyl sites for hydroxylation is 1. The van der Waals surface area contributed by atoms with Gasteiger partial charge >= 0.3 is 6.18 Å². The Hall–Kier alpha value is -6.29. The number of halogens is 3. The van der Waals surface area contributed by atoms with E-state index >= 15 is 0 Å². The van der Waals surface area contributed by atoms with E-state index in [9.17, 15) is 18.4 Å². The first-order chi connectivity index (χ1) is 29.1. The van der Waals surface area contributed by atoms with E-state index in [4.69, 9.17) is 5.10 Å². The monoisotopic (exact) mass is 820 g/mol. The van der Waals surface area contributed by atoms with Crippen molar-refractivity contribution in [3.8, 4) is 6.07 Å². The number of rotatable bonds is 12. The van der Waals surface area contributed by atoms with Gasteiger partial charge in [0.15, 0.2) is 0 Å². The summed E-state index contributed by atoms with van der Waals surface area (Å²) in [5.74, 6) is 0.671. The summed E-state index contributed by atoms with van der Waals surface area (Å²) in [6, 6.07) is 42.1. The number of nitrogens with one attached hydrogen (secondary N) is 1. The fraction of sp³-hybridized carbons (Fsp3) is 0.250. The van der Waals surface area contributed by atoms with Crippen LogP contribution in [-0.4, -0.2) is 49.6 Å². The molecule has 302 valence electrons. The number of fused-ring (bicyclic) bond motifs is 2. The number of nitriles is 1. The highest BCUT2D eigenvalue weighted by Crippen LogP contribution is 2.41. The minimum Gasteiger partial charge on any atom is -0.356 e. The molecule has 8 aromatic rings. The molecule has 12 heteroatoms. The van der Waals surface area contributed by atoms with Gasteiger partial charge in [-0.2, -0.15) is 23.5 Å². The predicted octanol–water partition coefficient (Wildman–Crippen LogP) is 10.2. The molecular formula is C48H43F3N8S. The number of benzene rings is 4. The molecule has 0 bridgehead atoms. The van der Waals surface area contributed by atoms with Gasteiger partial charge in [-0.25, -0.2) is 9.97 Å². The van der Waals surface area contributed by atoms with E-state index in [1.807, 2.05) is 37.5 Å². The molecular weight excluding hydrogens is 778 g/mol. The fourth-order valence-corrected chi connectivity index (χ4v) is 10.1. The van der Waals surface area contributed by atoms with Crippen molar-refractivity contribution in [1.29, 1.82) is 5.26 Å². The third kappa shape index (κ3) is 7.33. The van der Waals surface area contributed by atoms with Crippen molar-refractivity contribution in [2.45, 2.75) is 69.5 Å². The first-order valence-corrected chi connectivity index (χ1v) is 20.9. The summed E-state index contributed by atoms with van der Waals surface area (Å²) in [5.41, 5.74) is 7.38. The summed E-state index contributed by atoms with van der Waals surface area (Å²) >= 11 is 1.08. The van der Waals surface area contributed by atoms with Crippen LogP contribution in [0.3, 0.4) is 0 Å². The van der Waals surface area contributed by atoms with E-state index in [2.05, 4.69) is 134 Å². The maximum Gasteiger partial charge on any atom is 0.393 e. The van der Waals surface area contributed by atoms with Crippen molar-refractivity contribution in [3.63, 3.8) is 0 Å². The maximum atomic E-state index is 13.1. The molecule has 1 aliphatic carbocycles. The highest BCUT2D eigenvalue weighted by atomic mass is 32.1. The van der Waals surface area contributed by atoms with E-state index in [0.717, 1.165) is 69.3 Å². The van der Waals surface area contributed by atoms with Gasteiger partial charge in [0.2, 0.25) is 0 Å². The zero-order chi connectivity index (χ0) is 41.4. The number of hydrogen-bond donors (Lipinski definition) is 1. The van der Waals surface area contributed by atoms with Crippen molar-refractivity contribution >= 4 is 38.3 Å². The Labute approximate surface area is 350 Å². The maximum absolute atomic E-state index is 13.1. The van der Waals surface area contributed by atoms with Crippen LogP contribution in [0.4, 0.5) is 19.0 Å². The van der Waals surface area contributed by atoms with Crippen LogP contribution in [-0.2, 0) is 25.0 Å². The first-order valence-electron chi connectivity index (χ1n) is 20.1. The number of anilines is 1. The summed E-state index contributed by atoms with van der Waals surface area (Å²) in [5, 5.41) is 20.9. The zero-order valence-electron chi connectivity index (χ0n) is 33.3. The van der Waals surface area contributed by atoms with Gasteiger partial charge in [0.25, 0.3) is 0 Å². The Balaban J connectivity index is 0.941. The lowest BCUT2D eigenvalue weighted by molar-refractivity contribution is -0.126. The topological polar surface area (TPSA) is 87.6 Å². The minimum atomic E-state index is -4.27. The Kier molecular flexibility index (Phi) is 10.5. The Morgan fingerprint density at radius 3 is 2.17 bits per heavy atom. The summed E-state index contributed by atoms with van der Waals surface area (Å²) in [4.78, 5) is 11.7. The van der Waals surface area contributed by atoms with Crippen LogP contribution in [0, 0.1) is 18.3 Å². The molecule has 0 unspecified atom stereocenters. The Bertz CT molecular complexity index is 2710. The third-order valence-electron chi connectivity index (χ3n) is 12.1. The fourth-order valence-electron chi connectivity index (χ4n) is 9.10. The molecule has 4 heterocycles. The van der Waals surface area contributed by atoms with Gasteiger partial charge in [-0.3, -0.25) is 4.68 Å². The smallest absolute Gasteiger partial charge is 0.356 e. The lowest BCUT2D eigenvalue weighted by Crippen LogP contribution is -2.38. The molecule has 2 atom stereocenters. The van der Waals surface area contributed by atoms with Crippen LogP contribution < -0.4 is 10.2 Å². The normalized spacial score (nSPS) is 15.8. The Morgan fingerprint density at radius 2 is 1.53 bits per heavy atom. The van der Waals surface area contributed by atoms with Crippen molar-refractivity contribution in [1.82, 2.24) is 29.6 Å². The number of alkyl halides is 3. The SMILES string of the molecule is Cc1c(CN[C@H]2CC[C@@H](N(C)c3ncnc4sc(CC(F)(F)F)cc34)C2)ccc2c1cc(C#N)n2Cc1cnn(C(c2ccccc2)(c2ccccc2)c2ccccc2)c1. The van der Waals surface area contributed by atoms with Crippen LogP contribution in [0.25, 0.3) is 21.1 Å². The van der Waals surface area contributed by atoms with Crippen LogP contribution in [0.15, 0.2) is 134 Å². The van der Waals surface area contributed by atoms with Crippen molar-refractivity contribution in [2.75, 3.05) is 11.9 Å². The van der Waals surface area contributed by atoms with Crippen LogP contribution >= 0.6 is 11.3 Å². The molecule has 9 rings (SSSR count). The second kappa shape index (κ2) is 16.0. The molecule has 60 heavy (non-hydrogen) atoms. The summed E-state index contributed by atoms with van der Waals surface area (Å²) in [6.07, 6.45) is 3.00. The highest BCUT2D eigenvalue weighted by Gasteiger charge is 2.39. The quantitative estimate of drug-likeness (QED) is 0.124. The molecule has 8 nitrogen and oxygen atoms in total. The average Bonchev–Trinajstić information content (AvgIpc) is 4.08. The molecule has 0 aliphatic heterocycles. The molecule has 1 N–H and O–H groups in total. The van der Waals surface area contributed by atoms with Crippen LogP contribution in [0.5, 0.6) is 0 Å². The summed E-state index contributed by atoms with van der Waals surface area (Å²) < 4.78 is 43.6. The van der Waals surface area contributed by atoms with Gasteiger partial charge in [-0.1, -0.05) is 97.1 Å². The van der Waals surface area contributed by atoms with Crippen molar-refractivity contribution in [3.05, 3.63) is 178 Å².